The third-order valence-corrected chi connectivity index (χ3v) is 8.88. The maximum Gasteiger partial charge on any atom is 0.231 e. The summed E-state index contributed by atoms with van der Waals surface area (Å²) in [6.45, 7) is 11.5. The second kappa shape index (κ2) is 7.84. The first-order valence-corrected chi connectivity index (χ1v) is 13.1. The van der Waals surface area contributed by atoms with Gasteiger partial charge < -0.3 is 4.42 Å². The molecule has 0 saturated heterocycles. The Morgan fingerprint density at radius 1 is 1.00 bits per heavy atom. The topological polar surface area (TPSA) is 38.9 Å². The zero-order valence-electron chi connectivity index (χ0n) is 20.5. The van der Waals surface area contributed by atoms with E-state index in [2.05, 4.69) is 88.1 Å². The van der Waals surface area contributed by atoms with Crippen LogP contribution in [-0.4, -0.2) is 15.2 Å². The number of rotatable bonds is 3. The standard InChI is InChI=1S/C30H30N2OS/c1-6-9-24-17(2)20-12-13-23-25(28(20)34-24)26-27(31-16-32-29(26)33-23)19-14-18-10-7-8-11-21(18)22(15-19)30(3,4)5/h7-8,10-17,24H,6,9H2,1-5H3. The molecular formula is C30H30N2OS. The van der Waals surface area contributed by atoms with Gasteiger partial charge in [0.25, 0.3) is 0 Å². The van der Waals surface area contributed by atoms with Gasteiger partial charge in [0.2, 0.25) is 5.71 Å². The largest absolute Gasteiger partial charge is 0.438 e. The van der Waals surface area contributed by atoms with Crippen LogP contribution in [0.1, 0.15) is 64.5 Å². The number of thioether (sulfide) groups is 1. The van der Waals surface area contributed by atoms with Crippen LogP contribution >= 0.6 is 11.8 Å². The number of hydrogen-bond donors (Lipinski definition) is 0. The van der Waals surface area contributed by atoms with Crippen molar-refractivity contribution in [1.82, 2.24) is 9.97 Å². The Kier molecular flexibility index (Phi) is 5.00. The van der Waals surface area contributed by atoms with Crippen LogP contribution in [0.2, 0.25) is 0 Å². The van der Waals surface area contributed by atoms with E-state index in [0.717, 1.165) is 22.2 Å². The number of benzene rings is 3. The average Bonchev–Trinajstić information content (AvgIpc) is 3.35. The molecule has 0 aliphatic carbocycles. The molecule has 2 aromatic heterocycles. The van der Waals surface area contributed by atoms with E-state index < -0.39 is 0 Å². The van der Waals surface area contributed by atoms with Crippen LogP contribution in [0, 0.1) is 0 Å². The molecule has 34 heavy (non-hydrogen) atoms. The third kappa shape index (κ3) is 3.26. The summed E-state index contributed by atoms with van der Waals surface area (Å²) in [6, 6.07) is 17.6. The lowest BCUT2D eigenvalue weighted by molar-refractivity contribution is 0.596. The van der Waals surface area contributed by atoms with Gasteiger partial charge in [0, 0.05) is 21.1 Å². The first-order chi connectivity index (χ1) is 16.4. The normalized spacial score (nSPS) is 18.3. The predicted octanol–water partition coefficient (Wildman–Crippen LogP) is 8.87. The zero-order valence-corrected chi connectivity index (χ0v) is 21.3. The van der Waals surface area contributed by atoms with Crippen molar-refractivity contribution in [1.29, 1.82) is 0 Å². The molecule has 4 heteroatoms. The van der Waals surface area contributed by atoms with Crippen molar-refractivity contribution < 1.29 is 4.42 Å². The Morgan fingerprint density at radius 3 is 2.62 bits per heavy atom. The number of nitrogens with zero attached hydrogens (tertiary/aromatic N) is 2. The Hall–Kier alpha value is -2.85. The predicted molar refractivity (Wildman–Crippen MR) is 144 cm³/mol. The lowest BCUT2D eigenvalue weighted by Crippen LogP contribution is -2.12. The number of fused-ring (bicyclic) bond motifs is 6. The quantitative estimate of drug-likeness (QED) is 0.266. The summed E-state index contributed by atoms with van der Waals surface area (Å²) in [7, 11) is 0. The first-order valence-electron chi connectivity index (χ1n) is 12.3. The molecule has 0 radical (unpaired) electrons. The molecule has 0 amide bonds. The van der Waals surface area contributed by atoms with E-state index in [4.69, 9.17) is 9.40 Å². The fourth-order valence-electron chi connectivity index (χ4n) is 5.50. The minimum atomic E-state index is 0.0140. The third-order valence-electron chi connectivity index (χ3n) is 7.25. The summed E-state index contributed by atoms with van der Waals surface area (Å²) in [5.41, 5.74) is 6.44. The minimum Gasteiger partial charge on any atom is -0.438 e. The highest BCUT2D eigenvalue weighted by molar-refractivity contribution is 8.00. The lowest BCUT2D eigenvalue weighted by atomic mass is 9.82. The van der Waals surface area contributed by atoms with Crippen LogP contribution in [0.25, 0.3) is 44.1 Å². The van der Waals surface area contributed by atoms with Gasteiger partial charge in [-0.2, -0.15) is 0 Å². The number of aromatic nitrogens is 2. The van der Waals surface area contributed by atoms with Crippen molar-refractivity contribution >= 4 is 44.6 Å². The molecule has 6 rings (SSSR count). The summed E-state index contributed by atoms with van der Waals surface area (Å²) < 4.78 is 6.29. The van der Waals surface area contributed by atoms with E-state index in [0.29, 0.717) is 16.9 Å². The average molecular weight is 467 g/mol. The highest BCUT2D eigenvalue weighted by atomic mass is 32.2. The van der Waals surface area contributed by atoms with Crippen LogP contribution in [-0.2, 0) is 5.41 Å². The molecule has 0 saturated carbocycles. The van der Waals surface area contributed by atoms with E-state index in [-0.39, 0.29) is 5.41 Å². The second-order valence-corrected chi connectivity index (χ2v) is 11.8. The smallest absolute Gasteiger partial charge is 0.231 e. The van der Waals surface area contributed by atoms with E-state index in [1.807, 2.05) is 11.8 Å². The van der Waals surface area contributed by atoms with Crippen molar-refractivity contribution in [3.8, 4) is 11.3 Å². The van der Waals surface area contributed by atoms with Crippen LogP contribution in [0.15, 0.2) is 64.2 Å². The summed E-state index contributed by atoms with van der Waals surface area (Å²) >= 11 is 2.02. The van der Waals surface area contributed by atoms with E-state index in [1.165, 1.54) is 45.0 Å². The molecule has 3 nitrogen and oxygen atoms in total. The van der Waals surface area contributed by atoms with E-state index in [9.17, 15) is 0 Å². The molecule has 3 heterocycles. The molecule has 0 N–H and O–H groups in total. The van der Waals surface area contributed by atoms with Gasteiger partial charge in [0.15, 0.2) is 0 Å². The highest BCUT2D eigenvalue weighted by Crippen LogP contribution is 2.52. The molecule has 1 aliphatic heterocycles. The van der Waals surface area contributed by atoms with Gasteiger partial charge in [0.05, 0.1) is 11.1 Å². The monoisotopic (exact) mass is 466 g/mol. The van der Waals surface area contributed by atoms with Crippen molar-refractivity contribution in [2.24, 2.45) is 0 Å². The summed E-state index contributed by atoms with van der Waals surface area (Å²) in [6.07, 6.45) is 4.06. The maximum atomic E-state index is 6.29. The molecule has 3 aromatic carbocycles. The first kappa shape index (κ1) is 21.7. The molecule has 5 aromatic rings. The van der Waals surface area contributed by atoms with Crippen molar-refractivity contribution in [3.05, 3.63) is 66.0 Å². The van der Waals surface area contributed by atoms with Crippen LogP contribution < -0.4 is 0 Å². The minimum absolute atomic E-state index is 0.0140. The van der Waals surface area contributed by atoms with E-state index >= 15 is 0 Å². The van der Waals surface area contributed by atoms with Crippen molar-refractivity contribution in [2.45, 2.75) is 68.9 Å². The molecule has 0 spiro atoms. The second-order valence-electron chi connectivity index (χ2n) is 10.6. The number of furan rings is 1. The summed E-state index contributed by atoms with van der Waals surface area (Å²) in [5.74, 6) is 0.538. The fraction of sp³-hybridized carbons (Fsp3) is 0.333. The molecular weight excluding hydrogens is 436 g/mol. The SMILES string of the molecule is CCCC1Sc2c(ccc3oc4ncnc(-c5cc(C(C)(C)C)c6ccccc6c5)c4c23)C1C. The Labute approximate surface area is 205 Å². The Balaban J connectivity index is 1.66. The van der Waals surface area contributed by atoms with Gasteiger partial charge >= 0.3 is 0 Å². The van der Waals surface area contributed by atoms with Gasteiger partial charge in [-0.05, 0) is 57.9 Å². The molecule has 2 atom stereocenters. The van der Waals surface area contributed by atoms with Gasteiger partial charge in [-0.1, -0.05) is 71.4 Å². The Bertz CT molecular complexity index is 1560. The molecule has 0 bridgehead atoms. The van der Waals surface area contributed by atoms with Crippen molar-refractivity contribution in [2.75, 3.05) is 0 Å². The van der Waals surface area contributed by atoms with Gasteiger partial charge in [0.1, 0.15) is 11.9 Å². The lowest BCUT2D eigenvalue weighted by Gasteiger charge is -2.22. The number of hydrogen-bond acceptors (Lipinski definition) is 4. The molecule has 2 unspecified atom stereocenters. The fourth-order valence-corrected chi connectivity index (χ4v) is 7.22. The maximum absolute atomic E-state index is 6.29. The molecule has 0 fully saturated rings. The summed E-state index contributed by atoms with van der Waals surface area (Å²) in [5, 5.41) is 5.37. The van der Waals surface area contributed by atoms with Crippen molar-refractivity contribution in [3.63, 3.8) is 0 Å². The molecule has 1 aliphatic rings. The molecule has 172 valence electrons. The van der Waals surface area contributed by atoms with Gasteiger partial charge in [-0.25, -0.2) is 9.97 Å². The van der Waals surface area contributed by atoms with Crippen LogP contribution in [0.4, 0.5) is 0 Å². The highest BCUT2D eigenvalue weighted by Gasteiger charge is 2.33. The van der Waals surface area contributed by atoms with Gasteiger partial charge in [-0.15, -0.1) is 11.8 Å². The Morgan fingerprint density at radius 2 is 1.82 bits per heavy atom. The van der Waals surface area contributed by atoms with E-state index in [1.54, 1.807) is 6.33 Å². The zero-order chi connectivity index (χ0) is 23.6. The summed E-state index contributed by atoms with van der Waals surface area (Å²) in [4.78, 5) is 10.8. The van der Waals surface area contributed by atoms with Crippen LogP contribution in [0.5, 0.6) is 0 Å². The van der Waals surface area contributed by atoms with Crippen LogP contribution in [0.3, 0.4) is 0 Å². The van der Waals surface area contributed by atoms with Gasteiger partial charge in [-0.3, -0.25) is 0 Å².